The highest BCUT2D eigenvalue weighted by atomic mass is 19.3. The summed E-state index contributed by atoms with van der Waals surface area (Å²) in [5.41, 5.74) is 0.0415. The van der Waals surface area contributed by atoms with Crippen LogP contribution in [0.3, 0.4) is 0 Å². The van der Waals surface area contributed by atoms with Crippen molar-refractivity contribution >= 4 is 5.91 Å². The number of hydrogen-bond donors (Lipinski definition) is 2. The molecule has 19 heavy (non-hydrogen) atoms. The number of carbonyl (C=O) groups excluding carboxylic acids is 1. The van der Waals surface area contributed by atoms with Crippen LogP contribution in [0.2, 0.25) is 0 Å². The molecule has 4 nitrogen and oxygen atoms in total. The van der Waals surface area contributed by atoms with Gasteiger partial charge in [0, 0.05) is 12.6 Å². The first kappa shape index (κ1) is 15.4. The van der Waals surface area contributed by atoms with Crippen LogP contribution in [0.4, 0.5) is 8.78 Å². The number of nitrogens with one attached hydrogen (secondary N) is 1. The third-order valence-electron chi connectivity index (χ3n) is 2.85. The number of para-hydroxylation sites is 1. The number of benzene rings is 1. The summed E-state index contributed by atoms with van der Waals surface area (Å²) in [6.07, 6.45) is 0. The molecular formula is C13H17F2NO3. The van der Waals surface area contributed by atoms with E-state index in [0.29, 0.717) is 0 Å². The lowest BCUT2D eigenvalue weighted by molar-refractivity contribution is -0.0501. The molecule has 1 rings (SSSR count). The fourth-order valence-corrected chi connectivity index (χ4v) is 1.44. The fourth-order valence-electron chi connectivity index (χ4n) is 1.44. The van der Waals surface area contributed by atoms with Crippen molar-refractivity contribution in [3.63, 3.8) is 0 Å². The van der Waals surface area contributed by atoms with E-state index in [9.17, 15) is 13.6 Å². The van der Waals surface area contributed by atoms with E-state index in [0.717, 1.165) is 0 Å². The van der Waals surface area contributed by atoms with Crippen molar-refractivity contribution in [3.05, 3.63) is 29.8 Å². The minimum atomic E-state index is -2.98. The Hall–Kier alpha value is -1.69. The average molecular weight is 273 g/mol. The van der Waals surface area contributed by atoms with Crippen LogP contribution in [0, 0.1) is 5.92 Å². The molecule has 6 heteroatoms. The van der Waals surface area contributed by atoms with Crippen molar-refractivity contribution < 1.29 is 23.4 Å². The predicted molar refractivity (Wildman–Crippen MR) is 66.3 cm³/mol. The highest BCUT2D eigenvalue weighted by Gasteiger charge is 2.19. The van der Waals surface area contributed by atoms with Gasteiger partial charge in [0.25, 0.3) is 5.91 Å². The van der Waals surface area contributed by atoms with Gasteiger partial charge in [0.05, 0.1) is 5.56 Å². The summed E-state index contributed by atoms with van der Waals surface area (Å²) in [7, 11) is 0. The third kappa shape index (κ3) is 4.48. The number of hydrogen-bond acceptors (Lipinski definition) is 3. The molecule has 106 valence electrons. The van der Waals surface area contributed by atoms with Gasteiger partial charge in [-0.05, 0) is 25.0 Å². The molecule has 1 amide bonds. The molecule has 0 saturated heterocycles. The second-order valence-corrected chi connectivity index (χ2v) is 4.30. The van der Waals surface area contributed by atoms with Gasteiger partial charge in [-0.15, -0.1) is 0 Å². The monoisotopic (exact) mass is 273 g/mol. The molecular weight excluding hydrogens is 256 g/mol. The quantitative estimate of drug-likeness (QED) is 0.833. The Kier molecular flexibility index (Phi) is 5.69. The van der Waals surface area contributed by atoms with Gasteiger partial charge in [0.15, 0.2) is 0 Å². The first-order chi connectivity index (χ1) is 8.95. The summed E-state index contributed by atoms with van der Waals surface area (Å²) in [5, 5.41) is 11.6. The van der Waals surface area contributed by atoms with Crippen molar-refractivity contribution in [1.82, 2.24) is 5.32 Å². The van der Waals surface area contributed by atoms with Crippen LogP contribution in [-0.2, 0) is 0 Å². The first-order valence-corrected chi connectivity index (χ1v) is 5.91. The average Bonchev–Trinajstić information content (AvgIpc) is 2.37. The van der Waals surface area contributed by atoms with Gasteiger partial charge in [0.2, 0.25) is 0 Å². The summed E-state index contributed by atoms with van der Waals surface area (Å²) >= 11 is 0. The van der Waals surface area contributed by atoms with E-state index in [-0.39, 0.29) is 29.9 Å². The summed E-state index contributed by atoms with van der Waals surface area (Å²) in [5.74, 6) is -0.810. The smallest absolute Gasteiger partial charge is 0.387 e. The van der Waals surface area contributed by atoms with Gasteiger partial charge in [-0.3, -0.25) is 4.79 Å². The van der Waals surface area contributed by atoms with Gasteiger partial charge in [-0.1, -0.05) is 19.1 Å². The number of carbonyl (C=O) groups is 1. The van der Waals surface area contributed by atoms with Crippen molar-refractivity contribution in [1.29, 1.82) is 0 Å². The van der Waals surface area contributed by atoms with Crippen molar-refractivity contribution in [2.45, 2.75) is 26.5 Å². The lowest BCUT2D eigenvalue weighted by Crippen LogP contribution is -2.38. The Bertz CT molecular complexity index is 426. The van der Waals surface area contributed by atoms with Crippen molar-refractivity contribution in [3.8, 4) is 5.75 Å². The zero-order valence-electron chi connectivity index (χ0n) is 10.8. The first-order valence-electron chi connectivity index (χ1n) is 5.91. The molecule has 0 heterocycles. The maximum atomic E-state index is 12.2. The SMILES string of the molecule is CC(CO)C(C)NC(=O)c1ccccc1OC(F)F. The molecule has 2 unspecified atom stereocenters. The molecule has 1 aromatic carbocycles. The molecule has 0 aromatic heterocycles. The second-order valence-electron chi connectivity index (χ2n) is 4.30. The number of halogens is 2. The van der Waals surface area contributed by atoms with Crippen LogP contribution >= 0.6 is 0 Å². The summed E-state index contributed by atoms with van der Waals surface area (Å²) in [6, 6.07) is 5.50. The van der Waals surface area contributed by atoms with E-state index in [4.69, 9.17) is 5.11 Å². The molecule has 0 fully saturated rings. The Morgan fingerprint density at radius 1 is 1.37 bits per heavy atom. The second kappa shape index (κ2) is 7.04. The fraction of sp³-hybridized carbons (Fsp3) is 0.462. The van der Waals surface area contributed by atoms with Crippen LogP contribution in [-0.4, -0.2) is 30.3 Å². The topological polar surface area (TPSA) is 58.6 Å². The predicted octanol–water partition coefficient (Wildman–Crippen LogP) is 2.03. The summed E-state index contributed by atoms with van der Waals surface area (Å²) < 4.78 is 28.7. The molecule has 0 bridgehead atoms. The molecule has 1 aromatic rings. The Morgan fingerprint density at radius 3 is 2.58 bits per heavy atom. The van der Waals surface area contributed by atoms with E-state index in [1.807, 2.05) is 0 Å². The molecule has 0 spiro atoms. The molecule has 0 radical (unpaired) electrons. The summed E-state index contributed by atoms with van der Waals surface area (Å²) in [4.78, 5) is 12.0. The van der Waals surface area contributed by atoms with E-state index >= 15 is 0 Å². The number of rotatable bonds is 6. The highest BCUT2D eigenvalue weighted by molar-refractivity contribution is 5.97. The van der Waals surface area contributed by atoms with Gasteiger partial charge < -0.3 is 15.2 Å². The molecule has 0 saturated carbocycles. The van der Waals surface area contributed by atoms with E-state index in [2.05, 4.69) is 10.1 Å². The van der Waals surface area contributed by atoms with Gasteiger partial charge in [0.1, 0.15) is 5.75 Å². The van der Waals surface area contributed by atoms with Crippen LogP contribution in [0.15, 0.2) is 24.3 Å². The Balaban J connectivity index is 2.82. The lowest BCUT2D eigenvalue weighted by Gasteiger charge is -2.20. The Labute approximate surface area is 110 Å². The van der Waals surface area contributed by atoms with Crippen LogP contribution in [0.1, 0.15) is 24.2 Å². The zero-order valence-corrected chi connectivity index (χ0v) is 10.8. The number of amides is 1. The molecule has 2 atom stereocenters. The van der Waals surface area contributed by atoms with Gasteiger partial charge in [-0.25, -0.2) is 0 Å². The number of aliphatic hydroxyl groups excluding tert-OH is 1. The molecule has 0 aliphatic rings. The van der Waals surface area contributed by atoms with Crippen LogP contribution < -0.4 is 10.1 Å². The van der Waals surface area contributed by atoms with Crippen LogP contribution in [0.25, 0.3) is 0 Å². The maximum absolute atomic E-state index is 12.2. The number of aliphatic hydroxyl groups is 1. The van der Waals surface area contributed by atoms with E-state index in [1.54, 1.807) is 19.9 Å². The van der Waals surface area contributed by atoms with Gasteiger partial charge in [-0.2, -0.15) is 8.78 Å². The molecule has 0 aliphatic carbocycles. The van der Waals surface area contributed by atoms with E-state index in [1.165, 1.54) is 18.2 Å². The zero-order chi connectivity index (χ0) is 14.4. The van der Waals surface area contributed by atoms with Crippen molar-refractivity contribution in [2.24, 2.45) is 5.92 Å². The standard InChI is InChI=1S/C13H17F2NO3/c1-8(7-17)9(2)16-12(18)10-5-3-4-6-11(10)19-13(14)15/h3-6,8-9,13,17H,7H2,1-2H3,(H,16,18). The molecule has 0 aliphatic heterocycles. The number of alkyl halides is 2. The lowest BCUT2D eigenvalue weighted by atomic mass is 10.0. The van der Waals surface area contributed by atoms with Gasteiger partial charge >= 0.3 is 6.61 Å². The minimum Gasteiger partial charge on any atom is -0.434 e. The van der Waals surface area contributed by atoms with Crippen molar-refractivity contribution in [2.75, 3.05) is 6.61 Å². The Morgan fingerprint density at radius 2 is 2.00 bits per heavy atom. The van der Waals surface area contributed by atoms with Crippen LogP contribution in [0.5, 0.6) is 5.75 Å². The minimum absolute atomic E-state index is 0.0415. The molecule has 2 N–H and O–H groups in total. The largest absolute Gasteiger partial charge is 0.434 e. The van der Waals surface area contributed by atoms with E-state index < -0.39 is 12.5 Å². The number of ether oxygens (including phenoxy) is 1. The highest BCUT2D eigenvalue weighted by Crippen LogP contribution is 2.20. The third-order valence-corrected chi connectivity index (χ3v) is 2.85. The maximum Gasteiger partial charge on any atom is 0.387 e. The normalized spacial score (nSPS) is 14.0. The summed E-state index contributed by atoms with van der Waals surface area (Å²) in [6.45, 7) is 0.445.